The summed E-state index contributed by atoms with van der Waals surface area (Å²) in [7, 11) is 3.14. The van der Waals surface area contributed by atoms with Crippen molar-refractivity contribution in [3.05, 3.63) is 53.6 Å². The second-order valence-corrected chi connectivity index (χ2v) is 4.49. The largest absolute Gasteiger partial charge is 0.496 e. The van der Waals surface area contributed by atoms with Crippen LogP contribution in [0.2, 0.25) is 0 Å². The van der Waals surface area contributed by atoms with E-state index in [0.717, 1.165) is 0 Å². The number of nitriles is 1. The highest BCUT2D eigenvalue weighted by molar-refractivity contribution is 6.08. The summed E-state index contributed by atoms with van der Waals surface area (Å²) in [5.41, 5.74) is 7.72. The summed E-state index contributed by atoms with van der Waals surface area (Å²) < 4.78 is 5.20. The van der Waals surface area contributed by atoms with E-state index in [1.165, 1.54) is 12.0 Å². The topological polar surface area (TPSA) is 79.3 Å². The van der Waals surface area contributed by atoms with Crippen molar-refractivity contribution < 1.29 is 9.53 Å². The first-order valence-corrected chi connectivity index (χ1v) is 6.28. The number of methoxy groups -OCH3 is 1. The molecule has 2 N–H and O–H groups in total. The summed E-state index contributed by atoms with van der Waals surface area (Å²) in [5, 5.41) is 8.93. The standard InChI is InChI=1S/C16H15N3O2/c1-19(13-5-3-4-11(8-13)10-17)16(20)14-9-12(18)6-7-15(14)21-2/h3-9H,18H2,1-2H3. The van der Waals surface area contributed by atoms with Crippen LogP contribution in [0.25, 0.3) is 0 Å². The van der Waals surface area contributed by atoms with Crippen LogP contribution < -0.4 is 15.4 Å². The van der Waals surface area contributed by atoms with Crippen LogP contribution in [0, 0.1) is 11.3 Å². The number of carbonyl (C=O) groups is 1. The molecule has 2 aromatic carbocycles. The maximum atomic E-state index is 12.6. The van der Waals surface area contributed by atoms with Gasteiger partial charge in [-0.2, -0.15) is 5.26 Å². The van der Waals surface area contributed by atoms with Gasteiger partial charge in [0.1, 0.15) is 5.75 Å². The summed E-state index contributed by atoms with van der Waals surface area (Å²) in [4.78, 5) is 14.0. The number of rotatable bonds is 3. The van der Waals surface area contributed by atoms with Gasteiger partial charge in [0.05, 0.1) is 24.3 Å². The smallest absolute Gasteiger partial charge is 0.261 e. The van der Waals surface area contributed by atoms with Crippen LogP contribution >= 0.6 is 0 Å². The summed E-state index contributed by atoms with van der Waals surface area (Å²) in [6.45, 7) is 0. The number of amides is 1. The fourth-order valence-corrected chi connectivity index (χ4v) is 1.97. The van der Waals surface area contributed by atoms with Gasteiger partial charge in [0.25, 0.3) is 5.91 Å². The minimum absolute atomic E-state index is 0.255. The predicted molar refractivity (Wildman–Crippen MR) is 81.3 cm³/mol. The molecule has 5 nitrogen and oxygen atoms in total. The van der Waals surface area contributed by atoms with Gasteiger partial charge < -0.3 is 15.4 Å². The van der Waals surface area contributed by atoms with Crippen LogP contribution in [0.5, 0.6) is 5.75 Å². The minimum Gasteiger partial charge on any atom is -0.496 e. The number of anilines is 2. The van der Waals surface area contributed by atoms with E-state index in [9.17, 15) is 4.79 Å². The third-order valence-corrected chi connectivity index (χ3v) is 3.12. The molecule has 0 aliphatic heterocycles. The predicted octanol–water partition coefficient (Wildman–Crippen LogP) is 2.43. The van der Waals surface area contributed by atoms with Crippen LogP contribution in [0.15, 0.2) is 42.5 Å². The Hall–Kier alpha value is -3.00. The van der Waals surface area contributed by atoms with E-state index in [1.54, 1.807) is 49.5 Å². The normalized spacial score (nSPS) is 9.76. The van der Waals surface area contributed by atoms with Gasteiger partial charge in [-0.25, -0.2) is 0 Å². The van der Waals surface area contributed by atoms with Crippen LogP contribution in [0.4, 0.5) is 11.4 Å². The molecule has 0 spiro atoms. The quantitative estimate of drug-likeness (QED) is 0.876. The zero-order valence-corrected chi connectivity index (χ0v) is 11.8. The highest BCUT2D eigenvalue weighted by Crippen LogP contribution is 2.25. The zero-order chi connectivity index (χ0) is 15.4. The van der Waals surface area contributed by atoms with Crippen molar-refractivity contribution >= 4 is 17.3 Å². The lowest BCUT2D eigenvalue weighted by atomic mass is 10.1. The molecule has 2 rings (SSSR count). The van der Waals surface area contributed by atoms with Gasteiger partial charge in [-0.15, -0.1) is 0 Å². The molecule has 0 heterocycles. The lowest BCUT2D eigenvalue weighted by Gasteiger charge is -2.19. The minimum atomic E-state index is -0.255. The Morgan fingerprint density at radius 2 is 2.05 bits per heavy atom. The average molecular weight is 281 g/mol. The van der Waals surface area contributed by atoms with Crippen molar-refractivity contribution in [3.8, 4) is 11.8 Å². The van der Waals surface area contributed by atoms with Crippen LogP contribution in [0.3, 0.4) is 0 Å². The van der Waals surface area contributed by atoms with E-state index >= 15 is 0 Å². The van der Waals surface area contributed by atoms with Crippen molar-refractivity contribution in [1.82, 2.24) is 0 Å². The van der Waals surface area contributed by atoms with Crippen molar-refractivity contribution in [3.63, 3.8) is 0 Å². The maximum Gasteiger partial charge on any atom is 0.261 e. The molecule has 0 bridgehead atoms. The summed E-state index contributed by atoms with van der Waals surface area (Å²) in [6, 6.07) is 13.8. The van der Waals surface area contributed by atoms with Crippen molar-refractivity contribution in [2.75, 3.05) is 24.8 Å². The Morgan fingerprint density at radius 3 is 2.71 bits per heavy atom. The van der Waals surface area contributed by atoms with Gasteiger partial charge in [-0.3, -0.25) is 4.79 Å². The Bertz CT molecular complexity index is 720. The molecule has 21 heavy (non-hydrogen) atoms. The van der Waals surface area contributed by atoms with E-state index in [2.05, 4.69) is 0 Å². The first-order valence-electron chi connectivity index (χ1n) is 6.28. The summed E-state index contributed by atoms with van der Waals surface area (Å²) in [6.07, 6.45) is 0. The lowest BCUT2D eigenvalue weighted by molar-refractivity contribution is 0.0990. The molecule has 0 saturated heterocycles. The molecule has 106 valence electrons. The van der Waals surface area contributed by atoms with Gasteiger partial charge in [-0.1, -0.05) is 6.07 Å². The van der Waals surface area contributed by atoms with Crippen LogP contribution in [0.1, 0.15) is 15.9 Å². The molecule has 2 aromatic rings. The molecule has 0 saturated carbocycles. The number of nitrogens with zero attached hydrogens (tertiary/aromatic N) is 2. The Morgan fingerprint density at radius 1 is 1.29 bits per heavy atom. The summed E-state index contributed by atoms with van der Waals surface area (Å²) in [5.74, 6) is 0.201. The third-order valence-electron chi connectivity index (χ3n) is 3.12. The number of benzene rings is 2. The number of hydrogen-bond donors (Lipinski definition) is 1. The van der Waals surface area contributed by atoms with Crippen LogP contribution in [-0.2, 0) is 0 Å². The van der Waals surface area contributed by atoms with E-state index in [1.807, 2.05) is 6.07 Å². The number of hydrogen-bond acceptors (Lipinski definition) is 4. The van der Waals surface area contributed by atoms with Gasteiger partial charge in [0.15, 0.2) is 0 Å². The molecule has 0 radical (unpaired) electrons. The molecule has 0 aliphatic rings. The molecule has 1 amide bonds. The average Bonchev–Trinajstić information content (AvgIpc) is 2.53. The molecule has 0 aromatic heterocycles. The molecular formula is C16H15N3O2. The number of ether oxygens (including phenoxy) is 1. The highest BCUT2D eigenvalue weighted by atomic mass is 16.5. The van der Waals surface area contributed by atoms with E-state index in [4.69, 9.17) is 15.7 Å². The first-order chi connectivity index (χ1) is 10.1. The van der Waals surface area contributed by atoms with Crippen molar-refractivity contribution in [2.24, 2.45) is 0 Å². The first kappa shape index (κ1) is 14.4. The Labute approximate surface area is 123 Å². The monoisotopic (exact) mass is 281 g/mol. The molecule has 0 fully saturated rings. The lowest BCUT2D eigenvalue weighted by Crippen LogP contribution is -2.26. The van der Waals surface area contributed by atoms with E-state index < -0.39 is 0 Å². The molecule has 0 aliphatic carbocycles. The number of nitrogen functional groups attached to an aromatic ring is 1. The van der Waals surface area contributed by atoms with Gasteiger partial charge in [0.2, 0.25) is 0 Å². The molecule has 0 unspecified atom stereocenters. The summed E-state index contributed by atoms with van der Waals surface area (Å²) >= 11 is 0. The Kier molecular flexibility index (Phi) is 4.10. The molecular weight excluding hydrogens is 266 g/mol. The van der Waals surface area contributed by atoms with E-state index in [-0.39, 0.29) is 5.91 Å². The fourth-order valence-electron chi connectivity index (χ4n) is 1.97. The SMILES string of the molecule is COc1ccc(N)cc1C(=O)N(C)c1cccc(C#N)c1. The molecule has 0 atom stereocenters. The fraction of sp³-hybridized carbons (Fsp3) is 0.125. The van der Waals surface area contributed by atoms with Crippen molar-refractivity contribution in [2.45, 2.75) is 0 Å². The maximum absolute atomic E-state index is 12.6. The van der Waals surface area contributed by atoms with Crippen LogP contribution in [-0.4, -0.2) is 20.1 Å². The van der Waals surface area contributed by atoms with E-state index in [0.29, 0.717) is 28.3 Å². The second kappa shape index (κ2) is 5.97. The highest BCUT2D eigenvalue weighted by Gasteiger charge is 2.18. The van der Waals surface area contributed by atoms with Gasteiger partial charge >= 0.3 is 0 Å². The number of carbonyl (C=O) groups excluding carboxylic acids is 1. The zero-order valence-electron chi connectivity index (χ0n) is 11.8. The molecule has 5 heteroatoms. The Balaban J connectivity index is 2.39. The third kappa shape index (κ3) is 2.95. The van der Waals surface area contributed by atoms with Gasteiger partial charge in [0, 0.05) is 18.4 Å². The number of nitrogens with two attached hydrogens (primary N) is 1. The van der Waals surface area contributed by atoms with Gasteiger partial charge in [-0.05, 0) is 36.4 Å². The second-order valence-electron chi connectivity index (χ2n) is 4.49. The van der Waals surface area contributed by atoms with Crippen molar-refractivity contribution in [1.29, 1.82) is 5.26 Å².